The van der Waals surface area contributed by atoms with E-state index in [1.54, 1.807) is 0 Å². The number of carbonyl (C=O) groups excluding carboxylic acids is 1. The SMILES string of the molecule is COc1ccc(NC(=O)c2ccc(=O)n(Cc3ccc(C)cc3)c2)c([N+](=O)[O-])c1. The number of aromatic nitrogens is 1. The van der Waals surface area contributed by atoms with Gasteiger partial charge in [-0.3, -0.25) is 19.7 Å². The number of nitro benzene ring substituents is 1. The number of anilines is 1. The quantitative estimate of drug-likeness (QED) is 0.511. The van der Waals surface area contributed by atoms with Gasteiger partial charge in [0.1, 0.15) is 11.4 Å². The normalized spacial score (nSPS) is 10.4. The van der Waals surface area contributed by atoms with Crippen molar-refractivity contribution in [3.05, 3.63) is 98.0 Å². The Hall–Kier alpha value is -3.94. The number of ether oxygens (including phenoxy) is 1. The van der Waals surface area contributed by atoms with Gasteiger partial charge < -0.3 is 14.6 Å². The molecule has 0 radical (unpaired) electrons. The molecule has 148 valence electrons. The molecule has 0 aliphatic carbocycles. The van der Waals surface area contributed by atoms with Crippen LogP contribution in [0.25, 0.3) is 0 Å². The third kappa shape index (κ3) is 4.67. The van der Waals surface area contributed by atoms with Crippen molar-refractivity contribution < 1.29 is 14.5 Å². The predicted octanol–water partition coefficient (Wildman–Crippen LogP) is 3.37. The van der Waals surface area contributed by atoms with Gasteiger partial charge in [0, 0.05) is 12.3 Å². The summed E-state index contributed by atoms with van der Waals surface area (Å²) >= 11 is 0. The van der Waals surface area contributed by atoms with E-state index in [9.17, 15) is 19.7 Å². The summed E-state index contributed by atoms with van der Waals surface area (Å²) < 4.78 is 6.41. The van der Waals surface area contributed by atoms with E-state index in [4.69, 9.17) is 4.74 Å². The van der Waals surface area contributed by atoms with E-state index < -0.39 is 10.8 Å². The summed E-state index contributed by atoms with van der Waals surface area (Å²) in [6, 6.07) is 14.5. The summed E-state index contributed by atoms with van der Waals surface area (Å²) in [7, 11) is 1.40. The van der Waals surface area contributed by atoms with Gasteiger partial charge in [-0.2, -0.15) is 0 Å². The Labute approximate surface area is 166 Å². The smallest absolute Gasteiger partial charge is 0.296 e. The van der Waals surface area contributed by atoms with E-state index in [1.807, 2.05) is 31.2 Å². The minimum absolute atomic E-state index is 0.0390. The molecule has 0 aliphatic rings. The first-order valence-corrected chi connectivity index (χ1v) is 8.77. The van der Waals surface area contributed by atoms with Crippen molar-refractivity contribution in [1.82, 2.24) is 4.57 Å². The molecule has 0 saturated heterocycles. The van der Waals surface area contributed by atoms with Crippen molar-refractivity contribution in [1.29, 1.82) is 0 Å². The first-order chi connectivity index (χ1) is 13.9. The summed E-state index contributed by atoms with van der Waals surface area (Å²) in [5.74, 6) is -0.253. The lowest BCUT2D eigenvalue weighted by molar-refractivity contribution is -0.384. The van der Waals surface area contributed by atoms with E-state index in [-0.39, 0.29) is 22.5 Å². The molecule has 1 N–H and O–H groups in total. The number of amides is 1. The first-order valence-electron chi connectivity index (χ1n) is 8.77. The van der Waals surface area contributed by atoms with Gasteiger partial charge in [0.25, 0.3) is 17.2 Å². The molecule has 3 rings (SSSR count). The minimum atomic E-state index is -0.601. The van der Waals surface area contributed by atoms with Crippen LogP contribution in [0.4, 0.5) is 11.4 Å². The van der Waals surface area contributed by atoms with Gasteiger partial charge in [0.2, 0.25) is 0 Å². The zero-order valence-corrected chi connectivity index (χ0v) is 15.9. The first kappa shape index (κ1) is 19.8. The van der Waals surface area contributed by atoms with Crippen molar-refractivity contribution in [3.63, 3.8) is 0 Å². The molecule has 3 aromatic rings. The van der Waals surface area contributed by atoms with Crippen molar-refractivity contribution >= 4 is 17.3 Å². The highest BCUT2D eigenvalue weighted by molar-refractivity contribution is 6.05. The number of methoxy groups -OCH3 is 1. The molecule has 0 unspecified atom stereocenters. The molecule has 0 aliphatic heterocycles. The molecule has 1 amide bonds. The maximum atomic E-state index is 12.6. The van der Waals surface area contributed by atoms with Crippen molar-refractivity contribution in [3.8, 4) is 5.75 Å². The summed E-state index contributed by atoms with van der Waals surface area (Å²) in [6.07, 6.45) is 1.44. The Bertz CT molecular complexity index is 1120. The third-order valence-electron chi connectivity index (χ3n) is 4.37. The maximum absolute atomic E-state index is 12.6. The molecular formula is C21H19N3O5. The molecule has 0 fully saturated rings. The molecular weight excluding hydrogens is 374 g/mol. The molecule has 29 heavy (non-hydrogen) atoms. The zero-order chi connectivity index (χ0) is 21.0. The predicted molar refractivity (Wildman–Crippen MR) is 109 cm³/mol. The van der Waals surface area contributed by atoms with E-state index in [1.165, 1.54) is 48.2 Å². The van der Waals surface area contributed by atoms with Crippen LogP contribution in [0.1, 0.15) is 21.5 Å². The van der Waals surface area contributed by atoms with Crippen LogP contribution in [0.2, 0.25) is 0 Å². The van der Waals surface area contributed by atoms with Gasteiger partial charge in [0.15, 0.2) is 0 Å². The molecule has 1 aromatic heterocycles. The van der Waals surface area contributed by atoms with Crippen LogP contribution in [0, 0.1) is 17.0 Å². The molecule has 0 atom stereocenters. The number of nitro groups is 1. The topological polar surface area (TPSA) is 103 Å². The van der Waals surface area contributed by atoms with Crippen LogP contribution in [-0.2, 0) is 6.54 Å². The zero-order valence-electron chi connectivity index (χ0n) is 15.9. The number of hydrogen-bond donors (Lipinski definition) is 1. The van der Waals surface area contributed by atoms with Gasteiger partial charge in [-0.25, -0.2) is 0 Å². The van der Waals surface area contributed by atoms with Crippen LogP contribution in [0.3, 0.4) is 0 Å². The molecule has 0 saturated carbocycles. The molecule has 2 aromatic carbocycles. The second kappa shape index (κ2) is 8.39. The summed E-state index contributed by atoms with van der Waals surface area (Å²) in [6.45, 7) is 2.28. The van der Waals surface area contributed by atoms with Crippen LogP contribution >= 0.6 is 0 Å². The highest BCUT2D eigenvalue weighted by Gasteiger charge is 2.18. The number of nitrogens with one attached hydrogen (secondary N) is 1. The van der Waals surface area contributed by atoms with Gasteiger partial charge in [0.05, 0.1) is 30.2 Å². The number of aryl methyl sites for hydroxylation is 1. The molecule has 0 bridgehead atoms. The Balaban J connectivity index is 1.86. The maximum Gasteiger partial charge on any atom is 0.296 e. The summed E-state index contributed by atoms with van der Waals surface area (Å²) in [5, 5.41) is 13.8. The second-order valence-electron chi connectivity index (χ2n) is 6.46. The van der Waals surface area contributed by atoms with E-state index >= 15 is 0 Å². The van der Waals surface area contributed by atoms with E-state index in [2.05, 4.69) is 5.32 Å². The summed E-state index contributed by atoms with van der Waals surface area (Å²) in [4.78, 5) is 35.5. The molecule has 0 spiro atoms. The van der Waals surface area contributed by atoms with Crippen LogP contribution < -0.4 is 15.6 Å². The Morgan fingerprint density at radius 1 is 1.14 bits per heavy atom. The highest BCUT2D eigenvalue weighted by atomic mass is 16.6. The largest absolute Gasteiger partial charge is 0.496 e. The Morgan fingerprint density at radius 3 is 2.52 bits per heavy atom. The van der Waals surface area contributed by atoms with Gasteiger partial charge in [-0.1, -0.05) is 29.8 Å². The lowest BCUT2D eigenvalue weighted by Crippen LogP contribution is -2.22. The van der Waals surface area contributed by atoms with Gasteiger partial charge in [-0.05, 0) is 30.7 Å². The number of nitrogens with zero attached hydrogens (tertiary/aromatic N) is 2. The van der Waals surface area contributed by atoms with Crippen LogP contribution in [0.15, 0.2) is 65.6 Å². The second-order valence-corrected chi connectivity index (χ2v) is 6.46. The number of hydrogen-bond acceptors (Lipinski definition) is 5. The van der Waals surface area contributed by atoms with Crippen molar-refractivity contribution in [2.75, 3.05) is 12.4 Å². The molecule has 1 heterocycles. The third-order valence-corrected chi connectivity index (χ3v) is 4.37. The number of pyridine rings is 1. The van der Waals surface area contributed by atoms with Gasteiger partial charge in [-0.15, -0.1) is 0 Å². The average molecular weight is 393 g/mol. The highest BCUT2D eigenvalue weighted by Crippen LogP contribution is 2.29. The van der Waals surface area contributed by atoms with E-state index in [0.29, 0.717) is 12.3 Å². The standard InChI is InChI=1S/C21H19N3O5/c1-14-3-5-15(6-4-14)12-23-13-16(7-10-20(23)25)21(26)22-18-9-8-17(29-2)11-19(18)24(27)28/h3-11,13H,12H2,1-2H3,(H,22,26). The van der Waals surface area contributed by atoms with Crippen molar-refractivity contribution in [2.45, 2.75) is 13.5 Å². The fraction of sp³-hybridized carbons (Fsp3) is 0.143. The lowest BCUT2D eigenvalue weighted by atomic mass is 10.1. The average Bonchev–Trinajstić information content (AvgIpc) is 2.71. The van der Waals surface area contributed by atoms with Gasteiger partial charge >= 0.3 is 0 Å². The number of benzene rings is 2. The monoisotopic (exact) mass is 393 g/mol. The van der Waals surface area contributed by atoms with Crippen molar-refractivity contribution in [2.24, 2.45) is 0 Å². The van der Waals surface area contributed by atoms with Crippen LogP contribution in [0.5, 0.6) is 5.75 Å². The Morgan fingerprint density at radius 2 is 1.86 bits per heavy atom. The summed E-state index contributed by atoms with van der Waals surface area (Å²) in [5.41, 5.74) is 1.73. The molecule has 8 nitrogen and oxygen atoms in total. The number of rotatable bonds is 6. The van der Waals surface area contributed by atoms with Crippen LogP contribution in [-0.4, -0.2) is 22.5 Å². The Kier molecular flexibility index (Phi) is 5.73. The molecule has 8 heteroatoms. The van der Waals surface area contributed by atoms with E-state index in [0.717, 1.165) is 11.1 Å². The minimum Gasteiger partial charge on any atom is -0.496 e. The fourth-order valence-corrected chi connectivity index (χ4v) is 2.77. The fourth-order valence-electron chi connectivity index (χ4n) is 2.77. The number of carbonyl (C=O) groups is 1. The lowest BCUT2D eigenvalue weighted by Gasteiger charge is -2.10.